The first-order valence-electron chi connectivity index (χ1n) is 4.94. The van der Waals surface area contributed by atoms with Gasteiger partial charge in [-0.25, -0.2) is 0 Å². The molecule has 0 aliphatic heterocycles. The summed E-state index contributed by atoms with van der Waals surface area (Å²) >= 11 is 0. The van der Waals surface area contributed by atoms with Gasteiger partial charge in [-0.1, -0.05) is 0 Å². The van der Waals surface area contributed by atoms with Crippen molar-refractivity contribution < 1.29 is 0 Å². The van der Waals surface area contributed by atoms with Crippen LogP contribution < -0.4 is 0 Å². The summed E-state index contributed by atoms with van der Waals surface area (Å²) in [5.74, 6) is 0. The highest BCUT2D eigenvalue weighted by atomic mass is 15.4. The summed E-state index contributed by atoms with van der Waals surface area (Å²) in [6, 6.07) is 0. The summed E-state index contributed by atoms with van der Waals surface area (Å²) in [6.45, 7) is 0. The lowest BCUT2D eigenvalue weighted by Gasteiger charge is -2.43. The molecule has 0 saturated carbocycles. The molecule has 4 nitrogen and oxygen atoms in total. The SMILES string of the molecule is CN(C)C(C(N(C)C)N(C)C)N(C)C. The molecule has 0 N–H and O–H groups in total. The van der Waals surface area contributed by atoms with Crippen LogP contribution in [0.15, 0.2) is 0 Å². The topological polar surface area (TPSA) is 13.0 Å². The second-order valence-corrected chi connectivity index (χ2v) is 4.68. The standard InChI is InChI=1S/C10H26N4/c1-11(2)9(12(3)4)10(13(5)6)14(7)8/h9-10H,1-8H3. The Bertz CT molecular complexity index is 120. The highest BCUT2D eigenvalue weighted by Crippen LogP contribution is 2.10. The summed E-state index contributed by atoms with van der Waals surface area (Å²) < 4.78 is 0. The predicted molar refractivity (Wildman–Crippen MR) is 62.3 cm³/mol. The molecule has 4 heteroatoms. The molecule has 0 aromatic carbocycles. The molecule has 0 aromatic rings. The van der Waals surface area contributed by atoms with E-state index in [1.54, 1.807) is 0 Å². The Morgan fingerprint density at radius 3 is 0.643 bits per heavy atom. The molecule has 0 fully saturated rings. The molecule has 0 unspecified atom stereocenters. The summed E-state index contributed by atoms with van der Waals surface area (Å²) in [7, 11) is 16.9. The van der Waals surface area contributed by atoms with E-state index in [0.29, 0.717) is 12.3 Å². The number of hydrogen-bond acceptors (Lipinski definition) is 4. The molecular weight excluding hydrogens is 176 g/mol. The van der Waals surface area contributed by atoms with Crippen molar-refractivity contribution in [2.24, 2.45) is 0 Å². The predicted octanol–water partition coefficient (Wildman–Crippen LogP) is -0.115. The first kappa shape index (κ1) is 13.8. The van der Waals surface area contributed by atoms with Gasteiger partial charge in [0.1, 0.15) is 0 Å². The molecule has 0 aromatic heterocycles. The molecule has 14 heavy (non-hydrogen) atoms. The Morgan fingerprint density at radius 2 is 0.571 bits per heavy atom. The molecule has 0 amide bonds. The average Bonchev–Trinajstić information content (AvgIpc) is 1.96. The monoisotopic (exact) mass is 202 g/mol. The highest BCUT2D eigenvalue weighted by molar-refractivity contribution is 4.77. The number of likely N-dealkylation sites (N-methyl/N-ethyl adjacent to an activating group) is 4. The lowest BCUT2D eigenvalue weighted by molar-refractivity contribution is -0.0210. The summed E-state index contributed by atoms with van der Waals surface area (Å²) in [6.07, 6.45) is 0.778. The van der Waals surface area contributed by atoms with E-state index < -0.39 is 0 Å². The van der Waals surface area contributed by atoms with Gasteiger partial charge in [-0.15, -0.1) is 0 Å². The van der Waals surface area contributed by atoms with Gasteiger partial charge in [0.2, 0.25) is 0 Å². The van der Waals surface area contributed by atoms with E-state index in [4.69, 9.17) is 0 Å². The van der Waals surface area contributed by atoms with Gasteiger partial charge >= 0.3 is 0 Å². The zero-order valence-corrected chi connectivity index (χ0v) is 10.9. The van der Waals surface area contributed by atoms with E-state index in [1.807, 2.05) is 0 Å². The molecule has 0 bridgehead atoms. The lowest BCUT2D eigenvalue weighted by Crippen LogP contribution is -2.59. The van der Waals surface area contributed by atoms with Crippen LogP contribution in [0.4, 0.5) is 0 Å². The second kappa shape index (κ2) is 5.66. The molecule has 0 aliphatic rings. The van der Waals surface area contributed by atoms with Crippen LogP contribution in [0.2, 0.25) is 0 Å². The largest absolute Gasteiger partial charge is 0.292 e. The fraction of sp³-hybridized carbons (Fsp3) is 1.00. The van der Waals surface area contributed by atoms with Crippen LogP contribution in [-0.4, -0.2) is 88.3 Å². The summed E-state index contributed by atoms with van der Waals surface area (Å²) in [5, 5.41) is 0. The smallest absolute Gasteiger partial charge is 0.0911 e. The molecule has 0 radical (unpaired) electrons. The highest BCUT2D eigenvalue weighted by Gasteiger charge is 2.28. The minimum absolute atomic E-state index is 0.389. The molecule has 0 atom stereocenters. The minimum atomic E-state index is 0.389. The van der Waals surface area contributed by atoms with Crippen molar-refractivity contribution in [3.8, 4) is 0 Å². The molecule has 0 aliphatic carbocycles. The van der Waals surface area contributed by atoms with Crippen molar-refractivity contribution in [3.63, 3.8) is 0 Å². The molecular formula is C10H26N4. The van der Waals surface area contributed by atoms with E-state index in [-0.39, 0.29) is 0 Å². The van der Waals surface area contributed by atoms with Gasteiger partial charge in [0.05, 0.1) is 12.3 Å². The van der Waals surface area contributed by atoms with E-state index >= 15 is 0 Å². The maximum Gasteiger partial charge on any atom is 0.0911 e. The van der Waals surface area contributed by atoms with Crippen molar-refractivity contribution >= 4 is 0 Å². The van der Waals surface area contributed by atoms with Crippen LogP contribution in [0, 0.1) is 0 Å². The molecule has 0 spiro atoms. The Balaban J connectivity index is 4.74. The van der Waals surface area contributed by atoms with Crippen LogP contribution in [0.5, 0.6) is 0 Å². The zero-order valence-electron chi connectivity index (χ0n) is 10.9. The quantitative estimate of drug-likeness (QED) is 0.577. The van der Waals surface area contributed by atoms with Gasteiger partial charge in [0.25, 0.3) is 0 Å². The number of hydrogen-bond donors (Lipinski definition) is 0. The van der Waals surface area contributed by atoms with Gasteiger partial charge in [-0.3, -0.25) is 19.6 Å². The van der Waals surface area contributed by atoms with Crippen LogP contribution in [0.3, 0.4) is 0 Å². The van der Waals surface area contributed by atoms with E-state index in [9.17, 15) is 0 Å². The Morgan fingerprint density at radius 1 is 0.429 bits per heavy atom. The third-order valence-electron chi connectivity index (χ3n) is 2.38. The number of nitrogens with zero attached hydrogens (tertiary/aromatic N) is 4. The van der Waals surface area contributed by atoms with Gasteiger partial charge in [-0.2, -0.15) is 0 Å². The third-order valence-corrected chi connectivity index (χ3v) is 2.38. The normalized spacial score (nSPS) is 13.3. The summed E-state index contributed by atoms with van der Waals surface area (Å²) in [4.78, 5) is 8.96. The molecule has 86 valence electrons. The molecule has 0 saturated heterocycles. The van der Waals surface area contributed by atoms with Crippen molar-refractivity contribution in [2.75, 3.05) is 56.4 Å². The van der Waals surface area contributed by atoms with Gasteiger partial charge in [0.15, 0.2) is 0 Å². The van der Waals surface area contributed by atoms with Gasteiger partial charge in [0, 0.05) is 0 Å². The fourth-order valence-corrected chi connectivity index (χ4v) is 1.99. The minimum Gasteiger partial charge on any atom is -0.292 e. The zero-order chi connectivity index (χ0) is 11.5. The summed E-state index contributed by atoms with van der Waals surface area (Å²) in [5.41, 5.74) is 0. The van der Waals surface area contributed by atoms with Crippen LogP contribution in [0.25, 0.3) is 0 Å². The maximum atomic E-state index is 2.24. The first-order chi connectivity index (χ1) is 6.29. The Kier molecular flexibility index (Phi) is 5.59. The average molecular weight is 202 g/mol. The van der Waals surface area contributed by atoms with Crippen molar-refractivity contribution in [1.29, 1.82) is 0 Å². The maximum absolute atomic E-state index is 2.24. The van der Waals surface area contributed by atoms with Gasteiger partial charge < -0.3 is 0 Å². The van der Waals surface area contributed by atoms with Crippen LogP contribution >= 0.6 is 0 Å². The van der Waals surface area contributed by atoms with Gasteiger partial charge in [-0.05, 0) is 56.4 Å². The van der Waals surface area contributed by atoms with E-state index in [1.165, 1.54) is 0 Å². The van der Waals surface area contributed by atoms with Crippen molar-refractivity contribution in [2.45, 2.75) is 12.3 Å². The molecule has 0 rings (SSSR count). The van der Waals surface area contributed by atoms with E-state index in [0.717, 1.165) is 0 Å². The van der Waals surface area contributed by atoms with Crippen LogP contribution in [0.1, 0.15) is 0 Å². The van der Waals surface area contributed by atoms with Crippen molar-refractivity contribution in [1.82, 2.24) is 19.6 Å². The van der Waals surface area contributed by atoms with Crippen molar-refractivity contribution in [3.05, 3.63) is 0 Å². The second-order valence-electron chi connectivity index (χ2n) is 4.68. The van der Waals surface area contributed by atoms with Crippen LogP contribution in [-0.2, 0) is 0 Å². The van der Waals surface area contributed by atoms with E-state index in [2.05, 4.69) is 76.0 Å². The fourth-order valence-electron chi connectivity index (χ4n) is 1.99. The first-order valence-corrected chi connectivity index (χ1v) is 4.94. The Labute approximate surface area is 89.1 Å². The molecule has 0 heterocycles. The third kappa shape index (κ3) is 3.53. The Hall–Kier alpha value is -0.160. The lowest BCUT2D eigenvalue weighted by atomic mass is 10.2. The number of rotatable bonds is 5.